The normalized spacial score (nSPS) is 10.5. The van der Waals surface area contributed by atoms with Gasteiger partial charge in [0.15, 0.2) is 11.6 Å². The summed E-state index contributed by atoms with van der Waals surface area (Å²) in [6.07, 6.45) is 0. The van der Waals surface area contributed by atoms with Crippen molar-refractivity contribution in [1.29, 1.82) is 0 Å². The van der Waals surface area contributed by atoms with Gasteiger partial charge in [0.2, 0.25) is 0 Å². The van der Waals surface area contributed by atoms with Gasteiger partial charge in [-0.15, -0.1) is 0 Å². The average molecular weight is 220 g/mol. The number of carbonyl (C=O) groups is 1. The summed E-state index contributed by atoms with van der Waals surface area (Å²) in [5.74, 6) is -3.07. The molecule has 0 aliphatic carbocycles. The van der Waals surface area contributed by atoms with Gasteiger partial charge in [-0.05, 0) is 19.1 Å². The monoisotopic (exact) mass is 220 g/mol. The van der Waals surface area contributed by atoms with Gasteiger partial charge in [0, 0.05) is 5.56 Å². The van der Waals surface area contributed by atoms with E-state index in [0.29, 0.717) is 0 Å². The second-order valence-electron chi connectivity index (χ2n) is 2.73. The van der Waals surface area contributed by atoms with E-state index in [2.05, 4.69) is 4.74 Å². The maximum Gasteiger partial charge on any atom is 0.387 e. The standard InChI is InChI=1S/C9H7F3O3/c1-4-5(8(13)14)2-3-6(10)7(4)15-9(11)12/h2-3,9H,1H3,(H,13,14). The van der Waals surface area contributed by atoms with Gasteiger partial charge in [0.1, 0.15) is 0 Å². The lowest BCUT2D eigenvalue weighted by molar-refractivity contribution is -0.0527. The lowest BCUT2D eigenvalue weighted by atomic mass is 10.1. The molecule has 3 nitrogen and oxygen atoms in total. The van der Waals surface area contributed by atoms with Crippen molar-refractivity contribution in [2.75, 3.05) is 0 Å². The zero-order chi connectivity index (χ0) is 11.6. The Labute approximate surface area is 83.1 Å². The maximum absolute atomic E-state index is 13.0. The van der Waals surface area contributed by atoms with Crippen LogP contribution >= 0.6 is 0 Å². The molecule has 15 heavy (non-hydrogen) atoms. The Bertz CT molecular complexity index is 390. The number of hydrogen-bond acceptors (Lipinski definition) is 2. The highest BCUT2D eigenvalue weighted by molar-refractivity contribution is 5.90. The number of benzene rings is 1. The van der Waals surface area contributed by atoms with E-state index in [1.165, 1.54) is 6.92 Å². The molecule has 1 rings (SSSR count). The zero-order valence-corrected chi connectivity index (χ0v) is 7.63. The third-order valence-corrected chi connectivity index (χ3v) is 1.80. The lowest BCUT2D eigenvalue weighted by Crippen LogP contribution is -2.08. The van der Waals surface area contributed by atoms with Crippen molar-refractivity contribution in [3.8, 4) is 5.75 Å². The smallest absolute Gasteiger partial charge is 0.387 e. The van der Waals surface area contributed by atoms with Gasteiger partial charge in [-0.1, -0.05) is 0 Å². The van der Waals surface area contributed by atoms with E-state index in [1.54, 1.807) is 0 Å². The topological polar surface area (TPSA) is 46.5 Å². The van der Waals surface area contributed by atoms with Crippen LogP contribution in [0.15, 0.2) is 12.1 Å². The molecule has 1 aromatic carbocycles. The largest absolute Gasteiger partial charge is 0.478 e. The molecule has 0 saturated carbocycles. The molecule has 6 heteroatoms. The first-order valence-electron chi connectivity index (χ1n) is 3.90. The van der Waals surface area contributed by atoms with Crippen LogP contribution in [0.4, 0.5) is 13.2 Å². The van der Waals surface area contributed by atoms with Crippen molar-refractivity contribution in [2.24, 2.45) is 0 Å². The van der Waals surface area contributed by atoms with Crippen LogP contribution < -0.4 is 4.74 Å². The minimum absolute atomic E-state index is 0.164. The first-order chi connectivity index (χ1) is 6.93. The molecule has 0 aliphatic rings. The van der Waals surface area contributed by atoms with E-state index in [4.69, 9.17) is 5.11 Å². The van der Waals surface area contributed by atoms with E-state index in [1.807, 2.05) is 0 Å². The first kappa shape index (κ1) is 11.4. The number of ether oxygens (including phenoxy) is 1. The van der Waals surface area contributed by atoms with E-state index >= 15 is 0 Å². The highest BCUT2D eigenvalue weighted by atomic mass is 19.3. The quantitative estimate of drug-likeness (QED) is 0.850. The number of alkyl halides is 2. The summed E-state index contributed by atoms with van der Waals surface area (Å²) in [6.45, 7) is -1.99. The number of carboxylic acid groups (broad SMARTS) is 1. The van der Waals surface area contributed by atoms with Crippen molar-refractivity contribution in [3.63, 3.8) is 0 Å². The molecule has 0 saturated heterocycles. The highest BCUT2D eigenvalue weighted by Gasteiger charge is 2.18. The lowest BCUT2D eigenvalue weighted by Gasteiger charge is -2.10. The number of hydrogen-bond donors (Lipinski definition) is 1. The van der Waals surface area contributed by atoms with Crippen molar-refractivity contribution in [2.45, 2.75) is 13.5 Å². The third-order valence-electron chi connectivity index (χ3n) is 1.80. The SMILES string of the molecule is Cc1c(C(=O)O)ccc(F)c1OC(F)F. The predicted molar refractivity (Wildman–Crippen MR) is 44.7 cm³/mol. The Morgan fingerprint density at radius 3 is 2.53 bits per heavy atom. The van der Waals surface area contributed by atoms with E-state index in [-0.39, 0.29) is 11.1 Å². The van der Waals surface area contributed by atoms with Crippen molar-refractivity contribution < 1.29 is 27.8 Å². The summed E-state index contributed by atoms with van der Waals surface area (Å²) < 4.78 is 40.7. The molecule has 0 amide bonds. The molecule has 0 heterocycles. The molecule has 1 aromatic rings. The van der Waals surface area contributed by atoms with Crippen LogP contribution in [-0.2, 0) is 0 Å². The Morgan fingerprint density at radius 1 is 1.47 bits per heavy atom. The number of aromatic carboxylic acids is 1. The Kier molecular flexibility index (Phi) is 3.18. The molecule has 0 atom stereocenters. The van der Waals surface area contributed by atoms with Crippen molar-refractivity contribution in [1.82, 2.24) is 0 Å². The Hall–Kier alpha value is -1.72. The van der Waals surface area contributed by atoms with Crippen LogP contribution in [0, 0.1) is 12.7 Å². The van der Waals surface area contributed by atoms with Crippen LogP contribution in [0.5, 0.6) is 5.75 Å². The third kappa shape index (κ3) is 2.39. The molecule has 0 aliphatic heterocycles. The van der Waals surface area contributed by atoms with Crippen molar-refractivity contribution >= 4 is 5.97 Å². The summed E-state index contributed by atoms with van der Waals surface area (Å²) >= 11 is 0. The van der Waals surface area contributed by atoms with Gasteiger partial charge < -0.3 is 9.84 Å². The van der Waals surface area contributed by atoms with Crippen LogP contribution in [0.2, 0.25) is 0 Å². The molecule has 0 bridgehead atoms. The molecule has 0 spiro atoms. The van der Waals surface area contributed by atoms with Gasteiger partial charge in [-0.2, -0.15) is 8.78 Å². The molecular weight excluding hydrogens is 213 g/mol. The number of carboxylic acids is 1. The average Bonchev–Trinajstić information content (AvgIpc) is 2.11. The van der Waals surface area contributed by atoms with Crippen LogP contribution in [0.1, 0.15) is 15.9 Å². The van der Waals surface area contributed by atoms with Crippen LogP contribution in [0.25, 0.3) is 0 Å². The fourth-order valence-electron chi connectivity index (χ4n) is 1.12. The molecule has 1 N–H and O–H groups in total. The fourth-order valence-corrected chi connectivity index (χ4v) is 1.12. The van der Waals surface area contributed by atoms with Gasteiger partial charge in [-0.25, -0.2) is 9.18 Å². The molecule has 0 radical (unpaired) electrons. The van der Waals surface area contributed by atoms with Crippen molar-refractivity contribution in [3.05, 3.63) is 29.1 Å². The van der Waals surface area contributed by atoms with Gasteiger partial charge in [0.05, 0.1) is 5.56 Å². The Morgan fingerprint density at radius 2 is 2.07 bits per heavy atom. The summed E-state index contributed by atoms with van der Waals surface area (Å²) in [6, 6.07) is 1.76. The molecule has 82 valence electrons. The van der Waals surface area contributed by atoms with Crippen LogP contribution in [-0.4, -0.2) is 17.7 Å². The fraction of sp³-hybridized carbons (Fsp3) is 0.222. The second-order valence-corrected chi connectivity index (χ2v) is 2.73. The van der Waals surface area contributed by atoms with Crippen LogP contribution in [0.3, 0.4) is 0 Å². The first-order valence-corrected chi connectivity index (χ1v) is 3.90. The summed E-state index contributed by atoms with van der Waals surface area (Å²) in [7, 11) is 0. The number of rotatable bonds is 3. The van der Waals surface area contributed by atoms with Gasteiger partial charge >= 0.3 is 12.6 Å². The summed E-state index contributed by atoms with van der Waals surface area (Å²) in [5.41, 5.74) is -0.435. The predicted octanol–water partition coefficient (Wildman–Crippen LogP) is 2.43. The minimum Gasteiger partial charge on any atom is -0.478 e. The second kappa shape index (κ2) is 4.20. The Balaban J connectivity index is 3.24. The van der Waals surface area contributed by atoms with Gasteiger partial charge in [-0.3, -0.25) is 0 Å². The molecular formula is C9H7F3O3. The zero-order valence-electron chi connectivity index (χ0n) is 7.63. The minimum atomic E-state index is -3.19. The molecule has 0 aromatic heterocycles. The van der Waals surface area contributed by atoms with E-state index < -0.39 is 24.1 Å². The maximum atomic E-state index is 13.0. The number of halogens is 3. The highest BCUT2D eigenvalue weighted by Crippen LogP contribution is 2.26. The van der Waals surface area contributed by atoms with E-state index in [9.17, 15) is 18.0 Å². The molecule has 0 unspecified atom stereocenters. The molecule has 0 fully saturated rings. The summed E-state index contributed by atoms with van der Waals surface area (Å²) in [4.78, 5) is 10.6. The summed E-state index contributed by atoms with van der Waals surface area (Å²) in [5, 5.41) is 8.65. The van der Waals surface area contributed by atoms with Gasteiger partial charge in [0.25, 0.3) is 0 Å². The van der Waals surface area contributed by atoms with E-state index in [0.717, 1.165) is 12.1 Å².